The summed E-state index contributed by atoms with van der Waals surface area (Å²) >= 11 is 5.23. The summed E-state index contributed by atoms with van der Waals surface area (Å²) in [6, 6.07) is 25.6. The summed E-state index contributed by atoms with van der Waals surface area (Å²) in [4.78, 5) is 24.7. The number of para-hydroxylation sites is 1. The number of thiocarbonyl (C=S) groups is 1. The Labute approximate surface area is 184 Å². The molecule has 0 atom stereocenters. The van der Waals surface area contributed by atoms with Crippen LogP contribution in [0.3, 0.4) is 0 Å². The molecule has 1 heterocycles. The Morgan fingerprint density at radius 1 is 0.806 bits per heavy atom. The SMILES string of the molecule is O=C(Cc1ccccc1)NC(=S)Nc1cccc(NC(=O)c2cc3ccccc3o2)c1. The van der Waals surface area contributed by atoms with Gasteiger partial charge in [-0.1, -0.05) is 54.6 Å². The second kappa shape index (κ2) is 9.23. The van der Waals surface area contributed by atoms with E-state index in [9.17, 15) is 9.59 Å². The molecule has 1 aromatic heterocycles. The number of anilines is 2. The van der Waals surface area contributed by atoms with E-state index in [1.54, 1.807) is 30.3 Å². The molecule has 4 rings (SSSR count). The standard InChI is InChI=1S/C24H19N3O3S/c28-22(13-16-7-2-1-3-8-16)27-24(31)26-19-11-6-10-18(15-19)25-23(29)21-14-17-9-4-5-12-20(17)30-21/h1-12,14-15H,13H2,(H,25,29)(H2,26,27,28,31). The second-order valence-corrected chi connectivity index (χ2v) is 7.26. The number of rotatable bonds is 5. The molecule has 3 aromatic carbocycles. The van der Waals surface area contributed by atoms with E-state index < -0.39 is 0 Å². The van der Waals surface area contributed by atoms with Gasteiger partial charge in [0.05, 0.1) is 6.42 Å². The molecule has 0 aliphatic rings. The Balaban J connectivity index is 1.35. The number of nitrogens with one attached hydrogen (secondary N) is 3. The van der Waals surface area contributed by atoms with Crippen molar-refractivity contribution in [2.45, 2.75) is 6.42 Å². The topological polar surface area (TPSA) is 83.4 Å². The van der Waals surface area contributed by atoms with E-state index in [1.807, 2.05) is 54.6 Å². The van der Waals surface area contributed by atoms with Crippen molar-refractivity contribution >= 4 is 51.5 Å². The number of fused-ring (bicyclic) bond motifs is 1. The minimum Gasteiger partial charge on any atom is -0.451 e. The van der Waals surface area contributed by atoms with Crippen LogP contribution in [-0.4, -0.2) is 16.9 Å². The molecule has 31 heavy (non-hydrogen) atoms. The van der Waals surface area contributed by atoms with Crippen molar-refractivity contribution in [3.8, 4) is 0 Å². The zero-order valence-corrected chi connectivity index (χ0v) is 17.2. The second-order valence-electron chi connectivity index (χ2n) is 6.85. The number of carbonyl (C=O) groups is 2. The summed E-state index contributed by atoms with van der Waals surface area (Å²) in [5.74, 6) is -0.339. The Morgan fingerprint density at radius 2 is 1.52 bits per heavy atom. The Morgan fingerprint density at radius 3 is 2.29 bits per heavy atom. The van der Waals surface area contributed by atoms with Crippen LogP contribution < -0.4 is 16.0 Å². The van der Waals surface area contributed by atoms with Gasteiger partial charge in [-0.2, -0.15) is 0 Å². The lowest BCUT2D eigenvalue weighted by molar-refractivity contribution is -0.119. The minimum atomic E-state index is -0.355. The predicted octanol–water partition coefficient (Wildman–Crippen LogP) is 4.74. The van der Waals surface area contributed by atoms with Crippen LogP contribution in [0.25, 0.3) is 11.0 Å². The van der Waals surface area contributed by atoms with Gasteiger partial charge in [0.25, 0.3) is 5.91 Å². The minimum absolute atomic E-state index is 0.182. The van der Waals surface area contributed by atoms with Gasteiger partial charge in [-0.15, -0.1) is 0 Å². The maximum absolute atomic E-state index is 12.5. The molecule has 2 amide bonds. The van der Waals surface area contributed by atoms with Crippen molar-refractivity contribution in [2.75, 3.05) is 10.6 Å². The fourth-order valence-electron chi connectivity index (χ4n) is 3.08. The van der Waals surface area contributed by atoms with Crippen molar-refractivity contribution in [3.05, 3.63) is 96.3 Å². The van der Waals surface area contributed by atoms with Gasteiger partial charge in [0.15, 0.2) is 10.9 Å². The zero-order chi connectivity index (χ0) is 21.6. The van der Waals surface area contributed by atoms with E-state index >= 15 is 0 Å². The first-order chi connectivity index (χ1) is 15.1. The Bertz CT molecular complexity index is 1220. The maximum atomic E-state index is 12.5. The van der Waals surface area contributed by atoms with Gasteiger partial charge >= 0.3 is 0 Å². The number of benzene rings is 3. The van der Waals surface area contributed by atoms with Crippen molar-refractivity contribution < 1.29 is 14.0 Å². The molecule has 0 saturated heterocycles. The molecule has 154 valence electrons. The number of carbonyl (C=O) groups excluding carboxylic acids is 2. The number of hydrogen-bond acceptors (Lipinski definition) is 4. The van der Waals surface area contributed by atoms with Crippen LogP contribution in [0.4, 0.5) is 11.4 Å². The maximum Gasteiger partial charge on any atom is 0.291 e. The highest BCUT2D eigenvalue weighted by Gasteiger charge is 2.13. The van der Waals surface area contributed by atoms with Crippen LogP contribution >= 0.6 is 12.2 Å². The van der Waals surface area contributed by atoms with Gasteiger partial charge < -0.3 is 20.4 Å². The van der Waals surface area contributed by atoms with Gasteiger partial charge in [0.2, 0.25) is 5.91 Å². The molecular weight excluding hydrogens is 410 g/mol. The highest BCUT2D eigenvalue weighted by Crippen LogP contribution is 2.21. The summed E-state index contributed by atoms with van der Waals surface area (Å²) in [5.41, 5.74) is 2.75. The Kier molecular flexibility index (Phi) is 6.05. The van der Waals surface area contributed by atoms with Crippen LogP contribution in [0.15, 0.2) is 89.3 Å². The Hall–Kier alpha value is -3.97. The first kappa shape index (κ1) is 20.3. The molecule has 3 N–H and O–H groups in total. The highest BCUT2D eigenvalue weighted by atomic mass is 32.1. The third-order valence-electron chi connectivity index (χ3n) is 4.49. The lowest BCUT2D eigenvalue weighted by Crippen LogP contribution is -2.35. The number of amides is 2. The molecule has 0 radical (unpaired) electrons. The van der Waals surface area contributed by atoms with E-state index in [0.29, 0.717) is 17.0 Å². The van der Waals surface area contributed by atoms with Gasteiger partial charge in [-0.05, 0) is 48.1 Å². The number of furan rings is 1. The van der Waals surface area contributed by atoms with Crippen LogP contribution in [0, 0.1) is 0 Å². The monoisotopic (exact) mass is 429 g/mol. The summed E-state index contributed by atoms with van der Waals surface area (Å²) in [6.07, 6.45) is 0.232. The summed E-state index contributed by atoms with van der Waals surface area (Å²) in [7, 11) is 0. The molecule has 4 aromatic rings. The van der Waals surface area contributed by atoms with E-state index in [0.717, 1.165) is 10.9 Å². The van der Waals surface area contributed by atoms with Crippen molar-refractivity contribution in [2.24, 2.45) is 0 Å². The van der Waals surface area contributed by atoms with Gasteiger partial charge in [-0.3, -0.25) is 9.59 Å². The van der Waals surface area contributed by atoms with Crippen LogP contribution in [-0.2, 0) is 11.2 Å². The molecule has 0 spiro atoms. The fourth-order valence-corrected chi connectivity index (χ4v) is 3.31. The van der Waals surface area contributed by atoms with E-state index in [4.69, 9.17) is 16.6 Å². The third-order valence-corrected chi connectivity index (χ3v) is 4.69. The van der Waals surface area contributed by atoms with Gasteiger partial charge in [0.1, 0.15) is 5.58 Å². The molecular formula is C24H19N3O3S. The van der Waals surface area contributed by atoms with E-state index in [1.165, 1.54) is 0 Å². The van der Waals surface area contributed by atoms with Crippen molar-refractivity contribution in [1.82, 2.24) is 5.32 Å². The first-order valence-corrected chi connectivity index (χ1v) is 10.0. The molecule has 0 aliphatic carbocycles. The molecule has 0 fully saturated rings. The molecule has 6 nitrogen and oxygen atoms in total. The molecule has 0 aliphatic heterocycles. The van der Waals surface area contributed by atoms with Crippen LogP contribution in [0.2, 0.25) is 0 Å². The van der Waals surface area contributed by atoms with E-state index in [2.05, 4.69) is 16.0 Å². The van der Waals surface area contributed by atoms with Crippen LogP contribution in [0.1, 0.15) is 16.1 Å². The average Bonchev–Trinajstić information content (AvgIpc) is 3.19. The quantitative estimate of drug-likeness (QED) is 0.399. The molecule has 7 heteroatoms. The van der Waals surface area contributed by atoms with Gasteiger partial charge in [-0.25, -0.2) is 0 Å². The lowest BCUT2D eigenvalue weighted by atomic mass is 10.1. The lowest BCUT2D eigenvalue weighted by Gasteiger charge is -2.11. The number of hydrogen-bond donors (Lipinski definition) is 3. The smallest absolute Gasteiger partial charge is 0.291 e. The zero-order valence-electron chi connectivity index (χ0n) is 16.4. The van der Waals surface area contributed by atoms with Crippen LogP contribution in [0.5, 0.6) is 0 Å². The summed E-state index contributed by atoms with van der Waals surface area (Å²) in [6.45, 7) is 0. The third kappa shape index (κ3) is 5.34. The largest absolute Gasteiger partial charge is 0.451 e. The average molecular weight is 430 g/mol. The van der Waals surface area contributed by atoms with Crippen molar-refractivity contribution in [3.63, 3.8) is 0 Å². The normalized spacial score (nSPS) is 10.5. The highest BCUT2D eigenvalue weighted by molar-refractivity contribution is 7.80. The first-order valence-electron chi connectivity index (χ1n) is 9.61. The molecule has 0 unspecified atom stereocenters. The predicted molar refractivity (Wildman–Crippen MR) is 125 cm³/mol. The summed E-state index contributed by atoms with van der Waals surface area (Å²) < 4.78 is 5.59. The molecule has 0 bridgehead atoms. The van der Waals surface area contributed by atoms with Gasteiger partial charge in [0, 0.05) is 16.8 Å². The molecule has 0 saturated carbocycles. The van der Waals surface area contributed by atoms with E-state index in [-0.39, 0.29) is 29.1 Å². The van der Waals surface area contributed by atoms with Crippen molar-refractivity contribution in [1.29, 1.82) is 0 Å². The fraction of sp³-hybridized carbons (Fsp3) is 0.0417. The summed E-state index contributed by atoms with van der Waals surface area (Å²) in [5, 5.41) is 9.46.